The zero-order valence-electron chi connectivity index (χ0n) is 16.9. The molecule has 4 rings (SSSR count). The minimum Gasteiger partial charge on any atom is -0.262 e. The van der Waals surface area contributed by atoms with Gasteiger partial charge in [0.25, 0.3) is 0 Å². The van der Waals surface area contributed by atoms with Crippen molar-refractivity contribution in [3.05, 3.63) is 31.0 Å². The molecule has 1 saturated heterocycles. The Morgan fingerprint density at radius 1 is 1.33 bits per heavy atom. The minimum absolute atomic E-state index is 0.0164. The van der Waals surface area contributed by atoms with E-state index in [-0.39, 0.29) is 37.6 Å². The van der Waals surface area contributed by atoms with Crippen LogP contribution in [0.2, 0.25) is 0 Å². The molecule has 3 aromatic rings. The Bertz CT molecular complexity index is 1180. The Morgan fingerprint density at radius 2 is 2.07 bits per heavy atom. The minimum atomic E-state index is -3.31. The third-order valence-electron chi connectivity index (χ3n) is 4.97. The van der Waals surface area contributed by atoms with Gasteiger partial charge in [-0.2, -0.15) is 14.7 Å². The van der Waals surface area contributed by atoms with Crippen molar-refractivity contribution in [1.29, 1.82) is 5.26 Å². The number of nitriles is 1. The summed E-state index contributed by atoms with van der Waals surface area (Å²) in [6, 6.07) is 3.85. The highest BCUT2D eigenvalue weighted by molar-refractivity contribution is 7.92. The molecule has 3 aromatic heterocycles. The lowest BCUT2D eigenvalue weighted by molar-refractivity contribution is 0.0719. The monoisotopic (exact) mass is 451 g/mol. The molecule has 1 fully saturated rings. The van der Waals surface area contributed by atoms with Crippen molar-refractivity contribution in [3.63, 3.8) is 0 Å². The van der Waals surface area contributed by atoms with Gasteiger partial charge in [-0.25, -0.2) is 22.4 Å². The molecule has 12 heteroatoms. The fraction of sp³-hybridized carbons (Fsp3) is 0.444. The molecule has 0 aliphatic carbocycles. The number of hydrogen-bond acceptors (Lipinski definition) is 7. The molecule has 0 aromatic carbocycles. The Morgan fingerprint density at radius 3 is 2.70 bits per heavy atom. The lowest BCUT2D eigenvalue weighted by Crippen LogP contribution is -2.64. The Balaban J connectivity index is 0.00000124. The molecule has 0 radical (unpaired) electrons. The van der Waals surface area contributed by atoms with E-state index < -0.39 is 15.6 Å². The molecule has 4 heterocycles. The number of nitrogens with zero attached hydrogens (tertiary/aromatic N) is 7. The first-order valence-electron chi connectivity index (χ1n) is 9.45. The van der Waals surface area contributed by atoms with Crippen molar-refractivity contribution in [3.8, 4) is 17.3 Å². The first kappa shape index (κ1) is 22.2. The van der Waals surface area contributed by atoms with Gasteiger partial charge in [-0.15, -0.1) is 3.89 Å². The van der Waals surface area contributed by atoms with Gasteiger partial charge in [0.2, 0.25) is 10.0 Å². The quantitative estimate of drug-likeness (QED) is 0.567. The molecule has 0 N–H and O–H groups in total. The smallest absolute Gasteiger partial charge is 0.213 e. The number of sulfonamides is 1. The molecule has 1 aliphatic heterocycles. The molecule has 0 bridgehead atoms. The zero-order chi connectivity index (χ0) is 21.9. The summed E-state index contributed by atoms with van der Waals surface area (Å²) in [4.78, 5) is 8.40. The van der Waals surface area contributed by atoms with E-state index in [1.165, 1.54) is 14.6 Å². The van der Waals surface area contributed by atoms with E-state index in [0.29, 0.717) is 22.3 Å². The maximum Gasteiger partial charge on any atom is 0.213 e. The standard InChI is InChI=1S/C16H16FN7O2S2.C2H6/c1-2-28(25,26)22-9-16(10-22,4-5-18)24-8-12(7-21-24)14-13-3-6-23(27-17)15(13)20-11-19-14;1-2/h3,6-8,11H,2,4,9-10H2,1H3;1-2H3. The molecule has 0 amide bonds. The second-order valence-corrected chi connectivity index (χ2v) is 9.36. The van der Waals surface area contributed by atoms with Gasteiger partial charge in [0.1, 0.15) is 11.9 Å². The molecule has 0 atom stereocenters. The van der Waals surface area contributed by atoms with Crippen LogP contribution in [0.15, 0.2) is 31.0 Å². The van der Waals surface area contributed by atoms with Gasteiger partial charge in [0.15, 0.2) is 18.0 Å². The number of rotatable bonds is 6. The van der Waals surface area contributed by atoms with Crippen LogP contribution in [0.5, 0.6) is 0 Å². The van der Waals surface area contributed by atoms with Crippen molar-refractivity contribution in [1.82, 2.24) is 28.0 Å². The number of aromatic nitrogens is 5. The predicted molar refractivity (Wildman–Crippen MR) is 113 cm³/mol. The third kappa shape index (κ3) is 3.68. The van der Waals surface area contributed by atoms with E-state index in [2.05, 4.69) is 21.1 Å². The predicted octanol–water partition coefficient (Wildman–Crippen LogP) is 2.98. The van der Waals surface area contributed by atoms with Gasteiger partial charge in [-0.3, -0.25) is 4.68 Å². The number of halogens is 1. The van der Waals surface area contributed by atoms with Gasteiger partial charge in [0, 0.05) is 36.4 Å². The van der Waals surface area contributed by atoms with Gasteiger partial charge in [-0.1, -0.05) is 13.8 Å². The van der Waals surface area contributed by atoms with Crippen LogP contribution in [-0.2, 0) is 15.6 Å². The van der Waals surface area contributed by atoms with E-state index in [1.54, 1.807) is 36.3 Å². The average Bonchev–Trinajstić information content (AvgIpc) is 3.39. The number of fused-ring (bicyclic) bond motifs is 1. The van der Waals surface area contributed by atoms with E-state index in [9.17, 15) is 17.6 Å². The van der Waals surface area contributed by atoms with E-state index >= 15 is 0 Å². The second kappa shape index (κ2) is 8.71. The van der Waals surface area contributed by atoms with E-state index in [4.69, 9.17) is 0 Å². The summed E-state index contributed by atoms with van der Waals surface area (Å²) in [7, 11) is -3.31. The SMILES string of the molecule is CC.CCS(=O)(=O)N1CC(CC#N)(n2cc(-c3ncnc4c3ccn4SF)cn2)C1. The average molecular weight is 452 g/mol. The first-order chi connectivity index (χ1) is 14.4. The fourth-order valence-corrected chi connectivity index (χ4v) is 4.95. The van der Waals surface area contributed by atoms with Crippen LogP contribution < -0.4 is 0 Å². The summed E-state index contributed by atoms with van der Waals surface area (Å²) >= 11 is 0.0494. The second-order valence-electron chi connectivity index (χ2n) is 6.57. The van der Waals surface area contributed by atoms with Crippen molar-refractivity contribution in [2.75, 3.05) is 18.8 Å². The molecule has 9 nitrogen and oxygen atoms in total. The van der Waals surface area contributed by atoms with Crippen molar-refractivity contribution < 1.29 is 12.3 Å². The van der Waals surface area contributed by atoms with Gasteiger partial charge < -0.3 is 0 Å². The van der Waals surface area contributed by atoms with Crippen LogP contribution in [0.4, 0.5) is 3.89 Å². The molecule has 30 heavy (non-hydrogen) atoms. The summed E-state index contributed by atoms with van der Waals surface area (Å²) in [5.74, 6) is 0.0164. The summed E-state index contributed by atoms with van der Waals surface area (Å²) < 4.78 is 41.4. The molecule has 1 aliphatic rings. The maximum absolute atomic E-state index is 13.0. The van der Waals surface area contributed by atoms with Crippen LogP contribution in [0.25, 0.3) is 22.3 Å². The Kier molecular flexibility index (Phi) is 6.44. The maximum atomic E-state index is 13.0. The molecule has 0 saturated carbocycles. The zero-order valence-corrected chi connectivity index (χ0v) is 18.5. The highest BCUT2D eigenvalue weighted by atomic mass is 32.2. The summed E-state index contributed by atoms with van der Waals surface area (Å²) in [5, 5.41) is 14.3. The number of hydrogen-bond donors (Lipinski definition) is 0. The van der Waals surface area contributed by atoms with Crippen molar-refractivity contribution >= 4 is 33.4 Å². The van der Waals surface area contributed by atoms with Gasteiger partial charge in [0.05, 0.1) is 30.1 Å². The van der Waals surface area contributed by atoms with Crippen LogP contribution in [-0.4, -0.2) is 55.3 Å². The van der Waals surface area contributed by atoms with Crippen LogP contribution in [0, 0.1) is 11.3 Å². The first-order valence-corrected chi connectivity index (χ1v) is 11.7. The largest absolute Gasteiger partial charge is 0.262 e. The van der Waals surface area contributed by atoms with Crippen LogP contribution >= 0.6 is 12.3 Å². The Hall–Kier alpha value is -2.49. The van der Waals surface area contributed by atoms with Gasteiger partial charge in [-0.05, 0) is 13.0 Å². The highest BCUT2D eigenvalue weighted by Crippen LogP contribution is 2.36. The lowest BCUT2D eigenvalue weighted by Gasteiger charge is -2.47. The molecule has 160 valence electrons. The van der Waals surface area contributed by atoms with Crippen LogP contribution in [0.3, 0.4) is 0 Å². The van der Waals surface area contributed by atoms with Gasteiger partial charge >= 0.3 is 0 Å². The lowest BCUT2D eigenvalue weighted by atomic mass is 9.89. The third-order valence-corrected chi connectivity index (χ3v) is 7.19. The van der Waals surface area contributed by atoms with E-state index in [0.717, 1.165) is 0 Å². The fourth-order valence-electron chi connectivity index (χ4n) is 3.39. The summed E-state index contributed by atoms with van der Waals surface area (Å²) in [6.45, 7) is 5.99. The molecular weight excluding hydrogens is 429 g/mol. The van der Waals surface area contributed by atoms with Crippen molar-refractivity contribution in [2.24, 2.45) is 0 Å². The normalized spacial score (nSPS) is 15.8. The molecule has 0 unspecified atom stereocenters. The topological polar surface area (TPSA) is 110 Å². The molecule has 0 spiro atoms. The summed E-state index contributed by atoms with van der Waals surface area (Å²) in [5.41, 5.74) is 1.01. The summed E-state index contributed by atoms with van der Waals surface area (Å²) in [6.07, 6.45) is 6.41. The molecular formula is C18H22FN7O2S2. The van der Waals surface area contributed by atoms with E-state index in [1.807, 2.05) is 13.8 Å². The Labute approximate surface area is 179 Å². The van der Waals surface area contributed by atoms with Crippen molar-refractivity contribution in [2.45, 2.75) is 32.7 Å². The highest BCUT2D eigenvalue weighted by Gasteiger charge is 2.49. The van der Waals surface area contributed by atoms with Crippen LogP contribution in [0.1, 0.15) is 27.2 Å².